The molecule has 21 heavy (non-hydrogen) atoms. The van der Waals surface area contributed by atoms with E-state index in [2.05, 4.69) is 15.5 Å². The standard InChI is InChI=1S/C14H22ClN5O/c1-9-12(8-16-6-7-21-5)14(19(4)17-9)20-11(3)13(15)10(2)18-20/h16H,6-8H2,1-5H3. The Morgan fingerprint density at radius 1 is 1.19 bits per heavy atom. The lowest BCUT2D eigenvalue weighted by molar-refractivity contribution is 0.199. The number of hydrogen-bond acceptors (Lipinski definition) is 4. The van der Waals surface area contributed by atoms with Gasteiger partial charge in [-0.1, -0.05) is 11.6 Å². The topological polar surface area (TPSA) is 56.9 Å². The van der Waals surface area contributed by atoms with Crippen molar-refractivity contribution in [3.8, 4) is 5.82 Å². The summed E-state index contributed by atoms with van der Waals surface area (Å²) >= 11 is 6.26. The second kappa shape index (κ2) is 6.60. The molecule has 0 saturated heterocycles. The molecule has 0 amide bonds. The van der Waals surface area contributed by atoms with Gasteiger partial charge in [0.25, 0.3) is 0 Å². The highest BCUT2D eigenvalue weighted by atomic mass is 35.5. The van der Waals surface area contributed by atoms with Gasteiger partial charge in [-0.15, -0.1) is 0 Å². The van der Waals surface area contributed by atoms with Crippen LogP contribution in [0.4, 0.5) is 0 Å². The van der Waals surface area contributed by atoms with E-state index in [0.717, 1.165) is 35.0 Å². The van der Waals surface area contributed by atoms with Crippen LogP contribution >= 0.6 is 11.6 Å². The van der Waals surface area contributed by atoms with Gasteiger partial charge in [0.1, 0.15) is 0 Å². The Hall–Kier alpha value is -1.37. The van der Waals surface area contributed by atoms with Gasteiger partial charge in [0, 0.05) is 32.8 Å². The molecule has 116 valence electrons. The van der Waals surface area contributed by atoms with E-state index in [1.165, 1.54) is 0 Å². The summed E-state index contributed by atoms with van der Waals surface area (Å²) in [6.45, 7) is 8.07. The molecule has 2 rings (SSSR count). The molecular formula is C14H22ClN5O. The maximum Gasteiger partial charge on any atom is 0.156 e. The smallest absolute Gasteiger partial charge is 0.156 e. The Morgan fingerprint density at radius 3 is 2.48 bits per heavy atom. The van der Waals surface area contributed by atoms with Crippen molar-refractivity contribution in [2.45, 2.75) is 27.3 Å². The lowest BCUT2D eigenvalue weighted by Gasteiger charge is -2.10. The monoisotopic (exact) mass is 311 g/mol. The van der Waals surface area contributed by atoms with Crippen LogP contribution in [-0.4, -0.2) is 39.8 Å². The molecule has 0 aromatic carbocycles. The molecule has 6 nitrogen and oxygen atoms in total. The summed E-state index contributed by atoms with van der Waals surface area (Å²) < 4.78 is 8.76. The molecule has 1 N–H and O–H groups in total. The molecule has 0 aliphatic carbocycles. The van der Waals surface area contributed by atoms with E-state index in [9.17, 15) is 0 Å². The minimum atomic E-state index is 0.681. The summed E-state index contributed by atoms with van der Waals surface area (Å²) in [5, 5.41) is 13.1. The van der Waals surface area contributed by atoms with E-state index in [0.29, 0.717) is 18.2 Å². The van der Waals surface area contributed by atoms with Crippen LogP contribution in [0.2, 0.25) is 5.02 Å². The van der Waals surface area contributed by atoms with Crippen LogP contribution in [0.3, 0.4) is 0 Å². The van der Waals surface area contributed by atoms with Gasteiger partial charge in [0.05, 0.1) is 28.7 Å². The van der Waals surface area contributed by atoms with Crippen molar-refractivity contribution in [2.24, 2.45) is 7.05 Å². The largest absolute Gasteiger partial charge is 0.383 e. The van der Waals surface area contributed by atoms with Gasteiger partial charge in [-0.25, -0.2) is 4.68 Å². The van der Waals surface area contributed by atoms with Crippen molar-refractivity contribution in [2.75, 3.05) is 20.3 Å². The number of aromatic nitrogens is 4. The second-order valence-electron chi connectivity index (χ2n) is 5.08. The van der Waals surface area contributed by atoms with Crippen molar-refractivity contribution < 1.29 is 4.74 Å². The molecule has 0 fully saturated rings. The summed E-state index contributed by atoms with van der Waals surface area (Å²) in [4.78, 5) is 0. The first-order chi connectivity index (χ1) is 9.97. The van der Waals surface area contributed by atoms with Gasteiger partial charge in [0.2, 0.25) is 0 Å². The second-order valence-corrected chi connectivity index (χ2v) is 5.46. The van der Waals surface area contributed by atoms with Crippen molar-refractivity contribution in [3.63, 3.8) is 0 Å². The average molecular weight is 312 g/mol. The first kappa shape index (κ1) is 16.0. The first-order valence-electron chi connectivity index (χ1n) is 6.91. The number of rotatable bonds is 6. The van der Waals surface area contributed by atoms with Gasteiger partial charge >= 0.3 is 0 Å². The molecule has 0 spiro atoms. The molecule has 0 bridgehead atoms. The summed E-state index contributed by atoms with van der Waals surface area (Å²) in [6.07, 6.45) is 0. The zero-order valence-electron chi connectivity index (χ0n) is 13.2. The third kappa shape index (κ3) is 3.12. The Labute approximate surface area is 130 Å². The minimum Gasteiger partial charge on any atom is -0.383 e. The molecule has 2 aromatic heterocycles. The fourth-order valence-electron chi connectivity index (χ4n) is 2.38. The zero-order valence-corrected chi connectivity index (χ0v) is 14.0. The number of nitrogens with one attached hydrogen (secondary N) is 1. The van der Waals surface area contributed by atoms with Crippen molar-refractivity contribution >= 4 is 11.6 Å². The predicted molar refractivity (Wildman–Crippen MR) is 83.1 cm³/mol. The number of halogens is 1. The Balaban J connectivity index is 2.36. The van der Waals surface area contributed by atoms with Gasteiger partial charge in [0.15, 0.2) is 5.82 Å². The summed E-state index contributed by atoms with van der Waals surface area (Å²) in [7, 11) is 3.62. The normalized spacial score (nSPS) is 11.3. The minimum absolute atomic E-state index is 0.681. The van der Waals surface area contributed by atoms with E-state index in [1.54, 1.807) is 7.11 Å². The molecule has 7 heteroatoms. The lowest BCUT2D eigenvalue weighted by Crippen LogP contribution is -2.20. The third-order valence-electron chi connectivity index (χ3n) is 3.50. The lowest BCUT2D eigenvalue weighted by atomic mass is 10.2. The fraction of sp³-hybridized carbons (Fsp3) is 0.571. The summed E-state index contributed by atoms with van der Waals surface area (Å²) in [6, 6.07) is 0. The Kier molecular flexibility index (Phi) is 5.03. The van der Waals surface area contributed by atoms with E-state index in [1.807, 2.05) is 37.2 Å². The quantitative estimate of drug-likeness (QED) is 0.828. The van der Waals surface area contributed by atoms with Crippen molar-refractivity contribution in [1.82, 2.24) is 24.9 Å². The number of ether oxygens (including phenoxy) is 1. The van der Waals surface area contributed by atoms with Gasteiger partial charge in [-0.05, 0) is 20.8 Å². The van der Waals surface area contributed by atoms with Crippen LogP contribution in [0, 0.1) is 20.8 Å². The third-order valence-corrected chi connectivity index (χ3v) is 4.05. The summed E-state index contributed by atoms with van der Waals surface area (Å²) in [5.74, 6) is 0.949. The molecular weight excluding hydrogens is 290 g/mol. The van der Waals surface area contributed by atoms with E-state index in [-0.39, 0.29) is 0 Å². The number of nitrogens with zero attached hydrogens (tertiary/aromatic N) is 4. The molecule has 2 heterocycles. The van der Waals surface area contributed by atoms with Crippen LogP contribution < -0.4 is 5.32 Å². The van der Waals surface area contributed by atoms with E-state index < -0.39 is 0 Å². The van der Waals surface area contributed by atoms with Crippen molar-refractivity contribution in [3.05, 3.63) is 27.7 Å². The van der Waals surface area contributed by atoms with Crippen LogP contribution in [0.5, 0.6) is 0 Å². The van der Waals surface area contributed by atoms with Crippen LogP contribution in [0.1, 0.15) is 22.6 Å². The van der Waals surface area contributed by atoms with Gasteiger partial charge in [-0.2, -0.15) is 10.2 Å². The highest BCUT2D eigenvalue weighted by Gasteiger charge is 2.19. The molecule has 2 aromatic rings. The molecule has 0 atom stereocenters. The number of methoxy groups -OCH3 is 1. The van der Waals surface area contributed by atoms with E-state index in [4.69, 9.17) is 16.3 Å². The van der Waals surface area contributed by atoms with Crippen LogP contribution in [0.25, 0.3) is 5.82 Å². The predicted octanol–water partition coefficient (Wildman–Crippen LogP) is 1.92. The van der Waals surface area contributed by atoms with Gasteiger partial charge < -0.3 is 10.1 Å². The van der Waals surface area contributed by atoms with Crippen LogP contribution in [-0.2, 0) is 18.3 Å². The SMILES string of the molecule is COCCNCc1c(C)nn(C)c1-n1nc(C)c(Cl)c1C. The average Bonchev–Trinajstić information content (AvgIpc) is 2.86. The molecule has 0 unspecified atom stereocenters. The molecule has 0 aliphatic heterocycles. The van der Waals surface area contributed by atoms with Gasteiger partial charge in [-0.3, -0.25) is 4.68 Å². The molecule has 0 aliphatic rings. The summed E-state index contributed by atoms with van der Waals surface area (Å²) in [5.41, 5.74) is 3.86. The maximum absolute atomic E-state index is 6.26. The fourth-order valence-corrected chi connectivity index (χ4v) is 2.50. The van der Waals surface area contributed by atoms with Crippen molar-refractivity contribution in [1.29, 1.82) is 0 Å². The Morgan fingerprint density at radius 2 is 1.90 bits per heavy atom. The number of hydrogen-bond donors (Lipinski definition) is 1. The Bertz CT molecular complexity index is 632. The first-order valence-corrected chi connectivity index (χ1v) is 7.29. The maximum atomic E-state index is 6.26. The highest BCUT2D eigenvalue weighted by Crippen LogP contribution is 2.25. The molecule has 0 radical (unpaired) electrons. The zero-order chi connectivity index (χ0) is 15.6. The molecule has 0 saturated carbocycles. The number of aryl methyl sites for hydroxylation is 3. The van der Waals surface area contributed by atoms with Crippen LogP contribution in [0.15, 0.2) is 0 Å². The van der Waals surface area contributed by atoms with E-state index >= 15 is 0 Å². The highest BCUT2D eigenvalue weighted by molar-refractivity contribution is 6.31.